The van der Waals surface area contributed by atoms with Crippen LogP contribution >= 0.6 is 22.6 Å². The van der Waals surface area contributed by atoms with Gasteiger partial charge >= 0.3 is 6.09 Å². The first-order valence-electron chi connectivity index (χ1n) is 11.7. The van der Waals surface area contributed by atoms with Crippen LogP contribution in [0.3, 0.4) is 0 Å². The number of carboxylic acid groups (broad SMARTS) is 1. The van der Waals surface area contributed by atoms with Crippen molar-refractivity contribution in [2.45, 2.75) is 32.0 Å². The number of piperazine rings is 1. The molecule has 180 valence electrons. The number of fused-ring (bicyclic) bond motifs is 1. The Hall–Kier alpha value is -2.37. The van der Waals surface area contributed by atoms with Crippen molar-refractivity contribution < 1.29 is 19.4 Å². The van der Waals surface area contributed by atoms with Gasteiger partial charge in [0, 0.05) is 50.3 Å². The fraction of sp³-hybridized carbons (Fsp3) is 0.440. The normalized spacial score (nSPS) is 19.5. The number of amides is 1. The van der Waals surface area contributed by atoms with Gasteiger partial charge in [-0.3, -0.25) is 4.90 Å². The molecule has 0 saturated carbocycles. The van der Waals surface area contributed by atoms with Crippen LogP contribution in [0.1, 0.15) is 31.1 Å². The zero-order valence-corrected chi connectivity index (χ0v) is 21.4. The molecule has 8 nitrogen and oxygen atoms in total. The molecule has 2 aliphatic rings. The van der Waals surface area contributed by atoms with Crippen molar-refractivity contribution in [1.82, 2.24) is 19.6 Å². The average Bonchev–Trinajstić information content (AvgIpc) is 3.20. The molecule has 3 heterocycles. The fourth-order valence-corrected chi connectivity index (χ4v) is 5.50. The molecule has 2 aromatic carbocycles. The third-order valence-corrected chi connectivity index (χ3v) is 7.51. The quantitative estimate of drug-likeness (QED) is 0.440. The Bertz CT molecular complexity index is 1180. The summed E-state index contributed by atoms with van der Waals surface area (Å²) in [7, 11) is 1.70. The number of aromatic nitrogens is 2. The van der Waals surface area contributed by atoms with Crippen molar-refractivity contribution in [2.24, 2.45) is 0 Å². The highest BCUT2D eigenvalue weighted by Gasteiger charge is 2.22. The first-order chi connectivity index (χ1) is 16.5. The fourth-order valence-electron chi connectivity index (χ4n) is 4.83. The molecule has 2 aliphatic heterocycles. The summed E-state index contributed by atoms with van der Waals surface area (Å²) >= 11 is 2.31. The maximum Gasteiger partial charge on any atom is 0.407 e. The Morgan fingerprint density at radius 2 is 2.00 bits per heavy atom. The molecule has 1 unspecified atom stereocenters. The van der Waals surface area contributed by atoms with Crippen LogP contribution < -0.4 is 4.74 Å². The predicted octanol–water partition coefficient (Wildman–Crippen LogP) is 4.81. The van der Waals surface area contributed by atoms with Gasteiger partial charge in [-0.2, -0.15) is 5.10 Å². The lowest BCUT2D eigenvalue weighted by Crippen LogP contribution is -2.47. The summed E-state index contributed by atoms with van der Waals surface area (Å²) in [5, 5.41) is 15.1. The highest BCUT2D eigenvalue weighted by atomic mass is 127. The molecule has 0 bridgehead atoms. The lowest BCUT2D eigenvalue weighted by molar-refractivity contribution is -0.0368. The van der Waals surface area contributed by atoms with Gasteiger partial charge in [-0.25, -0.2) is 9.48 Å². The summed E-state index contributed by atoms with van der Waals surface area (Å²) in [6, 6.07) is 12.8. The number of rotatable bonds is 5. The Morgan fingerprint density at radius 1 is 1.18 bits per heavy atom. The number of hydrogen-bond donors (Lipinski definition) is 1. The number of ether oxygens (including phenoxy) is 2. The third-order valence-electron chi connectivity index (χ3n) is 6.72. The molecule has 0 radical (unpaired) electrons. The van der Waals surface area contributed by atoms with E-state index in [4.69, 9.17) is 19.7 Å². The molecule has 0 spiro atoms. The number of carbonyl (C=O) groups is 1. The van der Waals surface area contributed by atoms with E-state index in [0.717, 1.165) is 76.1 Å². The average molecular weight is 576 g/mol. The molecule has 1 aromatic heterocycles. The van der Waals surface area contributed by atoms with Gasteiger partial charge in [0.1, 0.15) is 9.45 Å². The largest absolute Gasteiger partial charge is 0.496 e. The minimum Gasteiger partial charge on any atom is -0.496 e. The van der Waals surface area contributed by atoms with Gasteiger partial charge in [-0.05, 0) is 71.2 Å². The summed E-state index contributed by atoms with van der Waals surface area (Å²) in [6.07, 6.45) is 2.45. The van der Waals surface area contributed by atoms with Crippen molar-refractivity contribution in [1.29, 1.82) is 0 Å². The molecule has 0 aliphatic carbocycles. The Kier molecular flexibility index (Phi) is 6.94. The lowest BCUT2D eigenvalue weighted by atomic mass is 10.0. The second-order valence-electron chi connectivity index (χ2n) is 8.87. The molecule has 1 N–H and O–H groups in total. The molecular formula is C25H29IN4O4. The molecule has 2 fully saturated rings. The zero-order chi connectivity index (χ0) is 23.7. The highest BCUT2D eigenvalue weighted by Crippen LogP contribution is 2.35. The molecule has 1 atom stereocenters. The maximum atomic E-state index is 11.1. The van der Waals surface area contributed by atoms with E-state index in [1.807, 2.05) is 4.68 Å². The van der Waals surface area contributed by atoms with Gasteiger partial charge in [0.25, 0.3) is 0 Å². The molecule has 3 aromatic rings. The van der Waals surface area contributed by atoms with Gasteiger partial charge in [-0.1, -0.05) is 18.2 Å². The van der Waals surface area contributed by atoms with Gasteiger partial charge in [-0.15, -0.1) is 0 Å². The van der Waals surface area contributed by atoms with Crippen LogP contribution in [0.25, 0.3) is 22.0 Å². The van der Waals surface area contributed by atoms with E-state index in [1.54, 1.807) is 7.11 Å². The smallest absolute Gasteiger partial charge is 0.407 e. The van der Waals surface area contributed by atoms with E-state index in [2.05, 4.69) is 63.9 Å². The number of nitrogens with zero attached hydrogens (tertiary/aromatic N) is 4. The van der Waals surface area contributed by atoms with Crippen molar-refractivity contribution in [3.8, 4) is 16.9 Å². The van der Waals surface area contributed by atoms with Crippen LogP contribution in [-0.2, 0) is 11.3 Å². The van der Waals surface area contributed by atoms with E-state index in [0.29, 0.717) is 13.1 Å². The monoisotopic (exact) mass is 576 g/mol. The summed E-state index contributed by atoms with van der Waals surface area (Å²) in [5.74, 6) is 0.832. The summed E-state index contributed by atoms with van der Waals surface area (Å²) in [5.41, 5.74) is 4.38. The Labute approximate surface area is 212 Å². The highest BCUT2D eigenvalue weighted by molar-refractivity contribution is 14.1. The van der Waals surface area contributed by atoms with Crippen molar-refractivity contribution in [3.05, 3.63) is 45.7 Å². The minimum atomic E-state index is -0.839. The Morgan fingerprint density at radius 3 is 2.71 bits per heavy atom. The van der Waals surface area contributed by atoms with E-state index < -0.39 is 6.09 Å². The van der Waals surface area contributed by atoms with Gasteiger partial charge in [0.15, 0.2) is 6.23 Å². The molecular weight excluding hydrogens is 547 g/mol. The van der Waals surface area contributed by atoms with Crippen LogP contribution in [0.2, 0.25) is 0 Å². The van der Waals surface area contributed by atoms with Gasteiger partial charge < -0.3 is 19.5 Å². The second kappa shape index (κ2) is 10.1. The van der Waals surface area contributed by atoms with Crippen LogP contribution in [-0.4, -0.2) is 70.7 Å². The van der Waals surface area contributed by atoms with Crippen LogP contribution in [0.5, 0.6) is 5.75 Å². The standard InChI is InChI=1S/C25H29IN4O4/c1-33-22-14-17(16-28-9-11-29(12-10-28)25(31)32)5-7-19(22)18-6-8-21-20(15-18)24(26)27-30(21)23-4-2-3-13-34-23/h5-8,14-15,23H,2-4,9-13,16H2,1H3,(H,31,32). The second-order valence-corrected chi connectivity index (χ2v) is 9.89. The van der Waals surface area contributed by atoms with E-state index in [-0.39, 0.29) is 6.23 Å². The lowest BCUT2D eigenvalue weighted by Gasteiger charge is -2.33. The molecule has 34 heavy (non-hydrogen) atoms. The van der Waals surface area contributed by atoms with E-state index in [9.17, 15) is 4.79 Å². The number of halogens is 1. The van der Waals surface area contributed by atoms with Crippen molar-refractivity contribution >= 4 is 39.6 Å². The van der Waals surface area contributed by atoms with Crippen LogP contribution in [0.4, 0.5) is 4.79 Å². The summed E-state index contributed by atoms with van der Waals surface area (Å²) in [6.45, 7) is 4.13. The summed E-state index contributed by atoms with van der Waals surface area (Å²) < 4.78 is 14.7. The topological polar surface area (TPSA) is 80.1 Å². The first kappa shape index (κ1) is 23.4. The van der Waals surface area contributed by atoms with E-state index in [1.165, 1.54) is 11.3 Å². The summed E-state index contributed by atoms with van der Waals surface area (Å²) in [4.78, 5) is 14.9. The van der Waals surface area contributed by atoms with Gasteiger partial charge in [0.05, 0.1) is 12.6 Å². The predicted molar refractivity (Wildman–Crippen MR) is 138 cm³/mol. The molecule has 9 heteroatoms. The van der Waals surface area contributed by atoms with Crippen LogP contribution in [0.15, 0.2) is 36.4 Å². The van der Waals surface area contributed by atoms with Crippen molar-refractivity contribution in [3.63, 3.8) is 0 Å². The van der Waals surface area contributed by atoms with Gasteiger partial charge in [0.2, 0.25) is 0 Å². The minimum absolute atomic E-state index is 0.0109. The first-order valence-corrected chi connectivity index (χ1v) is 12.8. The molecule has 5 rings (SSSR count). The number of benzene rings is 2. The van der Waals surface area contributed by atoms with E-state index >= 15 is 0 Å². The number of methoxy groups -OCH3 is 1. The SMILES string of the molecule is COc1cc(CN2CCN(C(=O)O)CC2)ccc1-c1ccc2c(c1)c(I)nn2C1CCCCO1. The molecule has 2 saturated heterocycles. The zero-order valence-electron chi connectivity index (χ0n) is 19.2. The number of hydrogen-bond acceptors (Lipinski definition) is 5. The third kappa shape index (κ3) is 4.73. The van der Waals surface area contributed by atoms with Crippen molar-refractivity contribution in [2.75, 3.05) is 39.9 Å². The maximum absolute atomic E-state index is 11.1. The molecule has 1 amide bonds. The van der Waals surface area contributed by atoms with Crippen LogP contribution in [0, 0.1) is 3.70 Å². The Balaban J connectivity index is 1.37.